The third-order valence-corrected chi connectivity index (χ3v) is 3.89. The highest BCUT2D eigenvalue weighted by molar-refractivity contribution is 5.99. The van der Waals surface area contributed by atoms with Crippen LogP contribution >= 0.6 is 0 Å². The molecular weight excluding hydrogens is 228 g/mol. The predicted molar refractivity (Wildman–Crippen MR) is 69.6 cm³/mol. The average Bonchev–Trinajstić information content (AvgIpc) is 2.94. The molecule has 2 heterocycles. The fourth-order valence-electron chi connectivity index (χ4n) is 2.92. The van der Waals surface area contributed by atoms with Gasteiger partial charge in [0.25, 0.3) is 0 Å². The Bertz CT molecular complexity index is 475. The highest BCUT2D eigenvalue weighted by Gasteiger charge is 2.36. The van der Waals surface area contributed by atoms with Crippen molar-refractivity contribution in [3.05, 3.63) is 29.8 Å². The van der Waals surface area contributed by atoms with E-state index in [4.69, 9.17) is 0 Å². The summed E-state index contributed by atoms with van der Waals surface area (Å²) < 4.78 is 0. The zero-order valence-electron chi connectivity index (χ0n) is 10.5. The lowest BCUT2D eigenvalue weighted by Gasteiger charge is -2.21. The van der Waals surface area contributed by atoms with Crippen LogP contribution in [0.3, 0.4) is 0 Å². The number of anilines is 1. The van der Waals surface area contributed by atoms with Gasteiger partial charge in [0, 0.05) is 24.7 Å². The van der Waals surface area contributed by atoms with Crippen molar-refractivity contribution in [1.82, 2.24) is 5.32 Å². The minimum atomic E-state index is -0.394. The van der Waals surface area contributed by atoms with Crippen LogP contribution in [0.5, 0.6) is 0 Å². The molecule has 1 aromatic rings. The van der Waals surface area contributed by atoms with Gasteiger partial charge >= 0.3 is 0 Å². The molecular formula is C14H18N2O2. The molecule has 0 radical (unpaired) electrons. The largest absolute Gasteiger partial charge is 0.392 e. The van der Waals surface area contributed by atoms with Gasteiger partial charge in [-0.25, -0.2) is 0 Å². The molecule has 4 nitrogen and oxygen atoms in total. The summed E-state index contributed by atoms with van der Waals surface area (Å²) in [4.78, 5) is 14.3. The number of benzene rings is 1. The van der Waals surface area contributed by atoms with Gasteiger partial charge in [-0.3, -0.25) is 4.79 Å². The van der Waals surface area contributed by atoms with Gasteiger partial charge in [-0.2, -0.15) is 0 Å². The first-order valence-corrected chi connectivity index (χ1v) is 6.48. The fraction of sp³-hybridized carbons (Fsp3) is 0.500. The summed E-state index contributed by atoms with van der Waals surface area (Å²) in [5.41, 5.74) is 2.27. The van der Waals surface area contributed by atoms with Crippen molar-refractivity contribution in [2.75, 3.05) is 18.0 Å². The fourth-order valence-corrected chi connectivity index (χ4v) is 2.92. The Morgan fingerprint density at radius 1 is 1.44 bits per heavy atom. The lowest BCUT2D eigenvalue weighted by atomic mass is 10.0. The summed E-state index contributed by atoms with van der Waals surface area (Å²) >= 11 is 0. The number of aliphatic hydroxyl groups excluding tert-OH is 1. The first-order chi connectivity index (χ1) is 8.66. The third kappa shape index (κ3) is 1.82. The van der Waals surface area contributed by atoms with E-state index in [1.54, 1.807) is 0 Å². The average molecular weight is 246 g/mol. The predicted octanol–water partition coefficient (Wildman–Crippen LogP) is 0.859. The van der Waals surface area contributed by atoms with E-state index in [1.807, 2.05) is 23.1 Å². The zero-order valence-corrected chi connectivity index (χ0v) is 10.5. The number of carbonyl (C=O) groups is 1. The van der Waals surface area contributed by atoms with E-state index < -0.39 is 6.10 Å². The molecule has 0 aromatic heterocycles. The van der Waals surface area contributed by atoms with Crippen molar-refractivity contribution in [2.45, 2.75) is 31.4 Å². The van der Waals surface area contributed by atoms with Gasteiger partial charge < -0.3 is 15.3 Å². The van der Waals surface area contributed by atoms with Gasteiger partial charge in [0.05, 0.1) is 12.1 Å². The summed E-state index contributed by atoms with van der Waals surface area (Å²) in [6.07, 6.45) is 0.125. The van der Waals surface area contributed by atoms with Crippen LogP contribution in [0.2, 0.25) is 0 Å². The van der Waals surface area contributed by atoms with Crippen molar-refractivity contribution in [3.8, 4) is 0 Å². The number of hydrogen-bond acceptors (Lipinski definition) is 3. The smallest absolute Gasteiger partial charge is 0.244 e. The van der Waals surface area contributed by atoms with Crippen molar-refractivity contribution in [2.24, 2.45) is 0 Å². The molecule has 4 heteroatoms. The number of nitrogens with one attached hydrogen (secondary N) is 1. The molecule has 1 aromatic carbocycles. The molecule has 2 aliphatic heterocycles. The van der Waals surface area contributed by atoms with Gasteiger partial charge in [-0.15, -0.1) is 0 Å². The number of para-hydroxylation sites is 1. The van der Waals surface area contributed by atoms with Crippen LogP contribution in [-0.4, -0.2) is 36.2 Å². The lowest BCUT2D eigenvalue weighted by Crippen LogP contribution is -2.43. The van der Waals surface area contributed by atoms with E-state index in [9.17, 15) is 9.90 Å². The molecule has 0 spiro atoms. The Kier molecular flexibility index (Phi) is 2.84. The van der Waals surface area contributed by atoms with Crippen LogP contribution in [0, 0.1) is 0 Å². The van der Waals surface area contributed by atoms with E-state index in [2.05, 4.69) is 18.3 Å². The molecule has 0 unspecified atom stereocenters. The van der Waals surface area contributed by atoms with E-state index in [1.165, 1.54) is 5.56 Å². The number of hydrogen-bond donors (Lipinski definition) is 2. The van der Waals surface area contributed by atoms with Crippen molar-refractivity contribution in [1.29, 1.82) is 0 Å². The molecule has 2 aliphatic rings. The maximum absolute atomic E-state index is 12.5. The lowest BCUT2D eigenvalue weighted by molar-refractivity contribution is -0.120. The Morgan fingerprint density at radius 2 is 2.22 bits per heavy atom. The second-order valence-electron chi connectivity index (χ2n) is 5.26. The number of amides is 1. The van der Waals surface area contributed by atoms with Crippen molar-refractivity contribution in [3.63, 3.8) is 0 Å². The van der Waals surface area contributed by atoms with Gasteiger partial charge in [-0.1, -0.05) is 25.1 Å². The summed E-state index contributed by atoms with van der Waals surface area (Å²) in [5, 5.41) is 12.6. The normalized spacial score (nSPS) is 30.6. The number of aliphatic hydroxyl groups is 1. The van der Waals surface area contributed by atoms with Gasteiger partial charge in [0.1, 0.15) is 0 Å². The molecule has 2 N–H and O–H groups in total. The van der Waals surface area contributed by atoms with E-state index in [-0.39, 0.29) is 11.9 Å². The maximum atomic E-state index is 12.5. The number of carbonyl (C=O) groups excluding carboxylic acids is 1. The topological polar surface area (TPSA) is 52.6 Å². The standard InChI is InChI=1S/C14H18N2O2/c1-9-8-16(13-5-3-2-4-11(9)13)14(18)12-6-10(17)7-15-12/h2-5,9-10,12,15,17H,6-8H2,1H3/t9-,10-,12-/m1/s1. The first-order valence-electron chi connectivity index (χ1n) is 6.48. The minimum absolute atomic E-state index is 0.0864. The number of β-amino-alcohol motifs (C(OH)–C–C–N with tert-alkyl or cyclic N) is 1. The number of nitrogens with zero attached hydrogens (tertiary/aromatic N) is 1. The highest BCUT2D eigenvalue weighted by atomic mass is 16.3. The third-order valence-electron chi connectivity index (χ3n) is 3.89. The highest BCUT2D eigenvalue weighted by Crippen LogP contribution is 2.36. The second-order valence-corrected chi connectivity index (χ2v) is 5.26. The molecule has 0 bridgehead atoms. The summed E-state index contributed by atoms with van der Waals surface area (Å²) in [6.45, 7) is 3.40. The molecule has 96 valence electrons. The van der Waals surface area contributed by atoms with Gasteiger partial charge in [0.2, 0.25) is 5.91 Å². The van der Waals surface area contributed by atoms with Crippen LogP contribution in [0.1, 0.15) is 24.8 Å². The van der Waals surface area contributed by atoms with Gasteiger partial charge in [-0.05, 0) is 18.1 Å². The van der Waals surface area contributed by atoms with E-state index in [0.717, 1.165) is 12.2 Å². The van der Waals surface area contributed by atoms with Crippen molar-refractivity contribution < 1.29 is 9.90 Å². The molecule has 0 aliphatic carbocycles. The quantitative estimate of drug-likeness (QED) is 0.772. The molecule has 0 saturated carbocycles. The van der Waals surface area contributed by atoms with Crippen LogP contribution in [0.4, 0.5) is 5.69 Å². The molecule has 3 rings (SSSR count). The minimum Gasteiger partial charge on any atom is -0.392 e. The molecule has 1 saturated heterocycles. The Hall–Kier alpha value is -1.39. The molecule has 3 atom stereocenters. The summed E-state index contributed by atoms with van der Waals surface area (Å²) in [5.74, 6) is 0.472. The van der Waals surface area contributed by atoms with Crippen LogP contribution in [0.25, 0.3) is 0 Å². The van der Waals surface area contributed by atoms with E-state index >= 15 is 0 Å². The zero-order chi connectivity index (χ0) is 12.7. The van der Waals surface area contributed by atoms with Crippen LogP contribution in [0.15, 0.2) is 24.3 Å². The van der Waals surface area contributed by atoms with Crippen LogP contribution in [-0.2, 0) is 4.79 Å². The van der Waals surface area contributed by atoms with Crippen LogP contribution < -0.4 is 10.2 Å². The van der Waals surface area contributed by atoms with Crippen molar-refractivity contribution >= 4 is 11.6 Å². The summed E-state index contributed by atoms with van der Waals surface area (Å²) in [6, 6.07) is 7.83. The Labute approximate surface area is 107 Å². The number of rotatable bonds is 1. The van der Waals surface area contributed by atoms with Gasteiger partial charge in [0.15, 0.2) is 0 Å². The second kappa shape index (κ2) is 4.37. The Balaban J connectivity index is 1.84. The monoisotopic (exact) mass is 246 g/mol. The summed E-state index contributed by atoms with van der Waals surface area (Å²) in [7, 11) is 0. The van der Waals surface area contributed by atoms with E-state index in [0.29, 0.717) is 18.9 Å². The maximum Gasteiger partial charge on any atom is 0.244 e. The molecule has 1 fully saturated rings. The SMILES string of the molecule is C[C@@H]1CN(C(=O)[C@H]2C[C@@H](O)CN2)c2ccccc21. The molecule has 18 heavy (non-hydrogen) atoms. The number of fused-ring (bicyclic) bond motifs is 1. The molecule has 1 amide bonds. The first kappa shape index (κ1) is 11.7. The Morgan fingerprint density at radius 3 is 2.94 bits per heavy atom.